The maximum absolute atomic E-state index is 14.8. The zero-order valence-electron chi connectivity index (χ0n) is 18.6. The summed E-state index contributed by atoms with van der Waals surface area (Å²) in [7, 11) is -3.91. The summed E-state index contributed by atoms with van der Waals surface area (Å²) < 4.78 is 50.3. The molecule has 1 aromatic heterocycles. The Hall–Kier alpha value is -2.04. The lowest BCUT2D eigenvalue weighted by Gasteiger charge is -2.34. The number of rotatable bonds is 7. The standard InChI is InChI=1S/C21H31FN4O4S/c1-12(2)16-8-10-26(11-9-16)31(28,29)25-19(20-23-24-21(27)30-20)15(5)18-14(4)13(3)6-7-17(18)22/h6-7,12,15-16,19,25H,8-11H2,1-5H3,(H,24,27)/t15-,19-/m0/s1. The van der Waals surface area contributed by atoms with Crippen molar-refractivity contribution in [1.29, 1.82) is 0 Å². The Balaban J connectivity index is 1.92. The van der Waals surface area contributed by atoms with Gasteiger partial charge in [-0.3, -0.25) is 0 Å². The number of piperidine rings is 1. The number of nitrogens with one attached hydrogen (secondary N) is 2. The van der Waals surface area contributed by atoms with Crippen LogP contribution >= 0.6 is 0 Å². The Morgan fingerprint density at radius 3 is 2.42 bits per heavy atom. The first-order chi connectivity index (χ1) is 14.5. The van der Waals surface area contributed by atoms with E-state index < -0.39 is 33.7 Å². The molecule has 0 radical (unpaired) electrons. The molecule has 0 amide bonds. The first-order valence-electron chi connectivity index (χ1n) is 10.6. The zero-order valence-corrected chi connectivity index (χ0v) is 19.4. The summed E-state index contributed by atoms with van der Waals surface area (Å²) in [5.41, 5.74) is 1.95. The fraction of sp³-hybridized carbons (Fsp3) is 0.619. The van der Waals surface area contributed by atoms with Gasteiger partial charge in [-0.2, -0.15) is 17.4 Å². The average Bonchev–Trinajstić information content (AvgIpc) is 3.15. The van der Waals surface area contributed by atoms with Crippen molar-refractivity contribution in [3.63, 3.8) is 0 Å². The third kappa shape index (κ3) is 5.07. The lowest BCUT2D eigenvalue weighted by Crippen LogP contribution is -2.47. The molecule has 2 atom stereocenters. The molecule has 2 heterocycles. The van der Waals surface area contributed by atoms with Crippen molar-refractivity contribution >= 4 is 10.2 Å². The average molecular weight is 455 g/mol. The van der Waals surface area contributed by atoms with Crippen molar-refractivity contribution < 1.29 is 17.2 Å². The maximum atomic E-state index is 14.8. The van der Waals surface area contributed by atoms with E-state index >= 15 is 0 Å². The van der Waals surface area contributed by atoms with Crippen LogP contribution in [0.4, 0.5) is 4.39 Å². The smallest absolute Gasteiger partial charge is 0.391 e. The molecule has 2 aromatic rings. The summed E-state index contributed by atoms with van der Waals surface area (Å²) >= 11 is 0. The van der Waals surface area contributed by atoms with Gasteiger partial charge in [-0.1, -0.05) is 26.8 Å². The third-order valence-corrected chi connectivity index (χ3v) is 8.06. The molecule has 0 spiro atoms. The molecule has 1 aliphatic heterocycles. The summed E-state index contributed by atoms with van der Waals surface area (Å²) in [5.74, 6) is -1.07. The second-order valence-electron chi connectivity index (χ2n) is 8.72. The summed E-state index contributed by atoms with van der Waals surface area (Å²) in [6.07, 6.45) is 1.56. The maximum Gasteiger partial charge on any atom is 0.434 e. The van der Waals surface area contributed by atoms with Crippen molar-refractivity contribution in [1.82, 2.24) is 19.2 Å². The zero-order chi connectivity index (χ0) is 22.9. The van der Waals surface area contributed by atoms with Crippen LogP contribution in [-0.4, -0.2) is 36.0 Å². The number of H-pyrrole nitrogens is 1. The van der Waals surface area contributed by atoms with Gasteiger partial charge in [0.15, 0.2) is 0 Å². The molecular weight excluding hydrogens is 423 g/mol. The van der Waals surface area contributed by atoms with Crippen molar-refractivity contribution in [2.75, 3.05) is 13.1 Å². The van der Waals surface area contributed by atoms with Crippen LogP contribution in [0.5, 0.6) is 0 Å². The topological polar surface area (TPSA) is 108 Å². The third-order valence-electron chi connectivity index (χ3n) is 6.47. The molecule has 31 heavy (non-hydrogen) atoms. The molecule has 1 fully saturated rings. The Morgan fingerprint density at radius 2 is 1.87 bits per heavy atom. The Bertz CT molecular complexity index is 1070. The molecule has 8 nitrogen and oxygen atoms in total. The number of aromatic nitrogens is 2. The first-order valence-corrected chi connectivity index (χ1v) is 12.0. The SMILES string of the molecule is Cc1ccc(F)c([C@H](C)[C@H](NS(=O)(=O)N2CCC(C(C)C)CC2)c2n[nH]c(=O)o2)c1C. The molecule has 3 rings (SSSR count). The number of halogens is 1. The summed E-state index contributed by atoms with van der Waals surface area (Å²) in [6.45, 7) is 10.4. The number of aryl methyl sites for hydroxylation is 1. The molecule has 1 saturated heterocycles. The molecular formula is C21H31FN4O4S. The second-order valence-corrected chi connectivity index (χ2v) is 10.4. The van der Waals surface area contributed by atoms with Gasteiger partial charge in [0.2, 0.25) is 5.89 Å². The van der Waals surface area contributed by atoms with E-state index in [1.165, 1.54) is 10.4 Å². The minimum atomic E-state index is -3.91. The molecule has 0 aliphatic carbocycles. The second kappa shape index (κ2) is 9.22. The van der Waals surface area contributed by atoms with Crippen molar-refractivity contribution in [3.8, 4) is 0 Å². The largest absolute Gasteiger partial charge is 0.434 e. The highest BCUT2D eigenvalue weighted by atomic mass is 32.2. The van der Waals surface area contributed by atoms with E-state index in [4.69, 9.17) is 4.42 Å². The van der Waals surface area contributed by atoms with Gasteiger partial charge in [-0.05, 0) is 61.3 Å². The predicted octanol–water partition coefficient (Wildman–Crippen LogP) is 3.17. The lowest BCUT2D eigenvalue weighted by atomic mass is 9.87. The molecule has 1 aliphatic rings. The Morgan fingerprint density at radius 1 is 1.23 bits per heavy atom. The summed E-state index contributed by atoms with van der Waals surface area (Å²) in [4.78, 5) is 11.6. The number of benzene rings is 1. The molecule has 0 saturated carbocycles. The van der Waals surface area contributed by atoms with Crippen LogP contribution < -0.4 is 10.5 Å². The first kappa shape index (κ1) is 23.6. The van der Waals surface area contributed by atoms with Crippen LogP contribution in [0, 0.1) is 31.5 Å². The van der Waals surface area contributed by atoms with Crippen LogP contribution in [0.25, 0.3) is 0 Å². The highest BCUT2D eigenvalue weighted by Gasteiger charge is 2.36. The van der Waals surface area contributed by atoms with Gasteiger partial charge in [0.1, 0.15) is 11.9 Å². The minimum absolute atomic E-state index is 0.126. The monoisotopic (exact) mass is 454 g/mol. The summed E-state index contributed by atoms with van der Waals surface area (Å²) in [5, 5.41) is 6.00. The molecule has 1 aromatic carbocycles. The van der Waals surface area contributed by atoms with Crippen LogP contribution in [0.1, 0.15) is 68.2 Å². The van der Waals surface area contributed by atoms with Crippen molar-refractivity contribution in [3.05, 3.63) is 51.1 Å². The van der Waals surface area contributed by atoms with E-state index in [1.807, 2.05) is 6.92 Å². The van der Waals surface area contributed by atoms with Gasteiger partial charge in [0.25, 0.3) is 10.2 Å². The van der Waals surface area contributed by atoms with E-state index in [-0.39, 0.29) is 5.89 Å². The molecule has 2 N–H and O–H groups in total. The molecule has 0 unspecified atom stereocenters. The fourth-order valence-corrected chi connectivity index (χ4v) is 5.76. The van der Waals surface area contributed by atoms with Crippen molar-refractivity contribution in [2.24, 2.45) is 11.8 Å². The van der Waals surface area contributed by atoms with Crippen LogP contribution in [0.2, 0.25) is 0 Å². The van der Waals surface area contributed by atoms with E-state index in [1.54, 1.807) is 19.9 Å². The number of hydrogen-bond acceptors (Lipinski definition) is 5. The van der Waals surface area contributed by atoms with Crippen molar-refractivity contribution in [2.45, 2.75) is 59.4 Å². The normalized spacial score (nSPS) is 18.4. The fourth-order valence-electron chi connectivity index (χ4n) is 4.29. The van der Waals surface area contributed by atoms with E-state index in [0.717, 1.165) is 18.4 Å². The van der Waals surface area contributed by atoms with Crippen LogP contribution in [0.3, 0.4) is 0 Å². The molecule has 0 bridgehead atoms. The number of hydrogen-bond donors (Lipinski definition) is 2. The lowest BCUT2D eigenvalue weighted by molar-refractivity contribution is 0.223. The predicted molar refractivity (Wildman–Crippen MR) is 115 cm³/mol. The molecule has 10 heteroatoms. The van der Waals surface area contributed by atoms with Gasteiger partial charge in [-0.15, -0.1) is 5.10 Å². The quantitative estimate of drug-likeness (QED) is 0.668. The number of aromatic amines is 1. The Labute approximate surface area is 182 Å². The highest BCUT2D eigenvalue weighted by molar-refractivity contribution is 7.87. The highest BCUT2D eigenvalue weighted by Crippen LogP contribution is 2.35. The van der Waals surface area contributed by atoms with E-state index in [9.17, 15) is 17.6 Å². The van der Waals surface area contributed by atoms with Gasteiger partial charge < -0.3 is 4.42 Å². The van der Waals surface area contributed by atoms with Crippen LogP contribution in [0.15, 0.2) is 21.3 Å². The van der Waals surface area contributed by atoms with Crippen LogP contribution in [-0.2, 0) is 10.2 Å². The summed E-state index contributed by atoms with van der Waals surface area (Å²) in [6, 6.07) is 1.98. The van der Waals surface area contributed by atoms with Gasteiger partial charge in [-0.25, -0.2) is 14.3 Å². The van der Waals surface area contributed by atoms with Gasteiger partial charge in [0.05, 0.1) is 0 Å². The van der Waals surface area contributed by atoms with E-state index in [0.29, 0.717) is 36.1 Å². The number of nitrogens with zero attached hydrogens (tertiary/aromatic N) is 2. The van der Waals surface area contributed by atoms with Gasteiger partial charge >= 0.3 is 5.76 Å². The molecule has 172 valence electrons. The van der Waals surface area contributed by atoms with Gasteiger partial charge in [0, 0.05) is 19.0 Å². The van der Waals surface area contributed by atoms with E-state index in [2.05, 4.69) is 28.8 Å². The Kier molecular flexibility index (Phi) is 7.02. The minimum Gasteiger partial charge on any atom is -0.391 e.